The molecule has 2 N–H and O–H groups in total. The fourth-order valence-corrected chi connectivity index (χ4v) is 3.12. The average Bonchev–Trinajstić information content (AvgIpc) is 2.71. The van der Waals surface area contributed by atoms with Crippen molar-refractivity contribution in [1.82, 2.24) is 5.32 Å². The van der Waals surface area contributed by atoms with Crippen LogP contribution in [-0.4, -0.2) is 17.6 Å². The minimum absolute atomic E-state index is 0.251. The molecule has 0 aliphatic heterocycles. The average molecular weight is 393 g/mol. The Morgan fingerprint density at radius 2 is 1.71 bits per heavy atom. The molecule has 0 saturated carbocycles. The molecule has 0 aliphatic carbocycles. The number of unbranched alkanes of at least 4 members (excludes halogenated alkanes) is 2. The van der Waals surface area contributed by atoms with Crippen LogP contribution in [0.25, 0.3) is 10.8 Å². The van der Waals surface area contributed by atoms with Gasteiger partial charge in [0.1, 0.15) is 5.75 Å². The van der Waals surface area contributed by atoms with Gasteiger partial charge in [-0.1, -0.05) is 62.2 Å². The third-order valence-corrected chi connectivity index (χ3v) is 4.58. The molecule has 0 saturated heterocycles. The Kier molecular flexibility index (Phi) is 6.98. The third kappa shape index (κ3) is 5.30. The highest BCUT2D eigenvalue weighted by atomic mass is 32.1. The number of hydrogen-bond acceptors (Lipinski definition) is 3. The van der Waals surface area contributed by atoms with E-state index in [2.05, 4.69) is 23.6 Å². The van der Waals surface area contributed by atoms with Gasteiger partial charge in [-0.3, -0.25) is 10.1 Å². The molecule has 0 unspecified atom stereocenters. The minimum Gasteiger partial charge on any atom is -0.493 e. The van der Waals surface area contributed by atoms with Crippen molar-refractivity contribution >= 4 is 39.7 Å². The summed E-state index contributed by atoms with van der Waals surface area (Å²) in [5.41, 5.74) is 1.30. The molecule has 0 spiro atoms. The summed E-state index contributed by atoms with van der Waals surface area (Å²) in [5, 5.41) is 8.31. The fraction of sp³-hybridized carbons (Fsp3) is 0.217. The number of anilines is 1. The van der Waals surface area contributed by atoms with E-state index in [-0.39, 0.29) is 11.0 Å². The largest absolute Gasteiger partial charge is 0.493 e. The molecule has 0 atom stereocenters. The molecule has 0 aromatic heterocycles. The summed E-state index contributed by atoms with van der Waals surface area (Å²) in [4.78, 5) is 12.6. The van der Waals surface area contributed by atoms with Crippen LogP contribution in [0.4, 0.5) is 5.69 Å². The third-order valence-electron chi connectivity index (χ3n) is 4.37. The van der Waals surface area contributed by atoms with Gasteiger partial charge < -0.3 is 10.1 Å². The SMILES string of the molecule is CCCCCOc1ccccc1C(=O)NC(=S)Nc1ccc2ccccc2c1. The molecular formula is C23H24N2O2S. The number of ether oxygens (including phenoxy) is 1. The summed E-state index contributed by atoms with van der Waals surface area (Å²) < 4.78 is 5.78. The molecule has 144 valence electrons. The minimum atomic E-state index is -0.288. The molecule has 0 radical (unpaired) electrons. The van der Waals surface area contributed by atoms with E-state index >= 15 is 0 Å². The van der Waals surface area contributed by atoms with Crippen molar-refractivity contribution in [3.63, 3.8) is 0 Å². The normalized spacial score (nSPS) is 10.5. The van der Waals surface area contributed by atoms with Gasteiger partial charge in [0.15, 0.2) is 5.11 Å². The van der Waals surface area contributed by atoms with E-state index in [1.807, 2.05) is 48.5 Å². The molecule has 3 aromatic carbocycles. The number of rotatable bonds is 7. The summed E-state index contributed by atoms with van der Waals surface area (Å²) in [6.07, 6.45) is 3.20. The van der Waals surface area contributed by atoms with Crippen LogP contribution in [0.1, 0.15) is 36.5 Å². The maximum absolute atomic E-state index is 12.6. The van der Waals surface area contributed by atoms with Gasteiger partial charge in [-0.15, -0.1) is 0 Å². The van der Waals surface area contributed by atoms with Crippen molar-refractivity contribution in [3.05, 3.63) is 72.3 Å². The summed E-state index contributed by atoms with van der Waals surface area (Å²) >= 11 is 5.32. The van der Waals surface area contributed by atoms with Crippen molar-refractivity contribution in [1.29, 1.82) is 0 Å². The maximum Gasteiger partial charge on any atom is 0.261 e. The Balaban J connectivity index is 1.62. The number of fused-ring (bicyclic) bond motifs is 1. The van der Waals surface area contributed by atoms with Crippen molar-refractivity contribution in [2.45, 2.75) is 26.2 Å². The number of amides is 1. The van der Waals surface area contributed by atoms with Gasteiger partial charge in [0.2, 0.25) is 0 Å². The van der Waals surface area contributed by atoms with Gasteiger partial charge in [0.25, 0.3) is 5.91 Å². The van der Waals surface area contributed by atoms with E-state index < -0.39 is 0 Å². The predicted octanol–water partition coefficient (Wildman–Crippen LogP) is 5.54. The highest BCUT2D eigenvalue weighted by Gasteiger charge is 2.13. The lowest BCUT2D eigenvalue weighted by molar-refractivity contribution is 0.0973. The number of nitrogens with one attached hydrogen (secondary N) is 2. The van der Waals surface area contributed by atoms with Gasteiger partial charge in [-0.05, 0) is 53.7 Å². The lowest BCUT2D eigenvalue weighted by atomic mass is 10.1. The summed E-state index contributed by atoms with van der Waals surface area (Å²) in [6.45, 7) is 2.74. The van der Waals surface area contributed by atoms with Crippen LogP contribution in [0.2, 0.25) is 0 Å². The van der Waals surface area contributed by atoms with Crippen LogP contribution < -0.4 is 15.4 Å². The molecule has 0 aliphatic rings. The van der Waals surface area contributed by atoms with E-state index in [0.29, 0.717) is 17.9 Å². The van der Waals surface area contributed by atoms with Crippen LogP contribution in [0, 0.1) is 0 Å². The Hall–Kier alpha value is -2.92. The van der Waals surface area contributed by atoms with Gasteiger partial charge in [-0.2, -0.15) is 0 Å². The Morgan fingerprint density at radius 3 is 2.54 bits per heavy atom. The Morgan fingerprint density at radius 1 is 0.964 bits per heavy atom. The molecule has 0 fully saturated rings. The quantitative estimate of drug-likeness (QED) is 0.410. The van der Waals surface area contributed by atoms with Gasteiger partial charge in [0.05, 0.1) is 12.2 Å². The lowest BCUT2D eigenvalue weighted by Gasteiger charge is -2.13. The second-order valence-electron chi connectivity index (χ2n) is 6.52. The highest BCUT2D eigenvalue weighted by molar-refractivity contribution is 7.80. The first-order valence-electron chi connectivity index (χ1n) is 9.50. The number of carbonyl (C=O) groups is 1. The molecule has 0 bridgehead atoms. The zero-order chi connectivity index (χ0) is 19.8. The molecule has 3 aromatic rings. The van der Waals surface area contributed by atoms with E-state index in [1.54, 1.807) is 12.1 Å². The van der Waals surface area contributed by atoms with Crippen molar-refractivity contribution in [2.24, 2.45) is 0 Å². The lowest BCUT2D eigenvalue weighted by Crippen LogP contribution is -2.34. The first kappa shape index (κ1) is 19.8. The molecular weight excluding hydrogens is 368 g/mol. The van der Waals surface area contributed by atoms with Crippen molar-refractivity contribution in [2.75, 3.05) is 11.9 Å². The molecule has 28 heavy (non-hydrogen) atoms. The van der Waals surface area contributed by atoms with E-state index in [4.69, 9.17) is 17.0 Å². The van der Waals surface area contributed by atoms with Gasteiger partial charge in [-0.25, -0.2) is 0 Å². The standard InChI is InChI=1S/C23H24N2O2S/c1-2-3-8-15-27-21-12-7-6-11-20(21)22(26)25-23(28)24-19-14-13-17-9-4-5-10-18(17)16-19/h4-7,9-14,16H,2-3,8,15H2,1H3,(H2,24,25,26,28). The van der Waals surface area contributed by atoms with Gasteiger partial charge >= 0.3 is 0 Å². The molecule has 4 nitrogen and oxygen atoms in total. The Bertz CT molecular complexity index is 971. The summed E-state index contributed by atoms with van der Waals surface area (Å²) in [6, 6.07) is 21.2. The number of benzene rings is 3. The van der Waals surface area contributed by atoms with Gasteiger partial charge in [0, 0.05) is 5.69 Å². The second kappa shape index (κ2) is 9.85. The molecule has 0 heterocycles. The second-order valence-corrected chi connectivity index (χ2v) is 6.93. The van der Waals surface area contributed by atoms with Crippen LogP contribution in [0.15, 0.2) is 66.7 Å². The number of hydrogen-bond donors (Lipinski definition) is 2. The fourth-order valence-electron chi connectivity index (χ4n) is 2.91. The topological polar surface area (TPSA) is 50.4 Å². The number of carbonyl (C=O) groups excluding carboxylic acids is 1. The van der Waals surface area contributed by atoms with Crippen LogP contribution in [-0.2, 0) is 0 Å². The maximum atomic E-state index is 12.6. The number of thiocarbonyl (C=S) groups is 1. The zero-order valence-electron chi connectivity index (χ0n) is 15.9. The monoisotopic (exact) mass is 392 g/mol. The summed E-state index contributed by atoms with van der Waals surface area (Å²) in [5.74, 6) is 0.286. The highest BCUT2D eigenvalue weighted by Crippen LogP contribution is 2.20. The first-order chi connectivity index (χ1) is 13.7. The smallest absolute Gasteiger partial charge is 0.261 e. The van der Waals surface area contributed by atoms with Crippen LogP contribution in [0.3, 0.4) is 0 Å². The van der Waals surface area contributed by atoms with E-state index in [0.717, 1.165) is 35.7 Å². The molecule has 3 rings (SSSR count). The van der Waals surface area contributed by atoms with Crippen molar-refractivity contribution < 1.29 is 9.53 Å². The first-order valence-corrected chi connectivity index (χ1v) is 9.91. The Labute approximate surface area is 170 Å². The molecule has 5 heteroatoms. The van der Waals surface area contributed by atoms with Crippen molar-refractivity contribution in [3.8, 4) is 5.75 Å². The van der Waals surface area contributed by atoms with E-state index in [9.17, 15) is 4.79 Å². The van der Waals surface area contributed by atoms with E-state index in [1.165, 1.54) is 0 Å². The zero-order valence-corrected chi connectivity index (χ0v) is 16.7. The predicted molar refractivity (Wildman–Crippen MR) is 119 cm³/mol. The summed E-state index contributed by atoms with van der Waals surface area (Å²) in [7, 11) is 0. The van der Waals surface area contributed by atoms with Crippen LogP contribution >= 0.6 is 12.2 Å². The number of para-hydroxylation sites is 1. The molecule has 1 amide bonds. The van der Waals surface area contributed by atoms with Crippen LogP contribution in [0.5, 0.6) is 5.75 Å².